The number of allylic oxidation sites excluding steroid dienone is 1. The van der Waals surface area contributed by atoms with E-state index < -0.39 is 0 Å². The molecule has 23 heavy (non-hydrogen) atoms. The molecule has 0 radical (unpaired) electrons. The first-order valence-electron chi connectivity index (χ1n) is 8.02. The fourth-order valence-corrected chi connectivity index (χ4v) is 2.50. The second-order valence-electron chi connectivity index (χ2n) is 6.79. The zero-order chi connectivity index (χ0) is 16.9. The maximum atomic E-state index is 12.2. The molecule has 1 saturated heterocycles. The van der Waals surface area contributed by atoms with Gasteiger partial charge in [0.1, 0.15) is 5.75 Å². The number of para-hydroxylation sites is 2. The summed E-state index contributed by atoms with van der Waals surface area (Å²) in [6.45, 7) is 9.30. The molecule has 0 bridgehead atoms. The quantitative estimate of drug-likeness (QED) is 0.932. The predicted octanol–water partition coefficient (Wildman–Crippen LogP) is 3.09. The summed E-state index contributed by atoms with van der Waals surface area (Å²) >= 11 is 0. The maximum Gasteiger partial charge on any atom is 0.321 e. The van der Waals surface area contributed by atoms with Crippen molar-refractivity contribution >= 4 is 11.7 Å². The lowest BCUT2D eigenvalue weighted by atomic mass is 9.97. The van der Waals surface area contributed by atoms with Crippen molar-refractivity contribution in [1.82, 2.24) is 10.2 Å². The second-order valence-corrected chi connectivity index (χ2v) is 6.79. The molecule has 5 nitrogen and oxygen atoms in total. The number of carbonyl (C=O) groups is 1. The summed E-state index contributed by atoms with van der Waals surface area (Å²) in [7, 11) is 1.68. The van der Waals surface area contributed by atoms with Crippen LogP contribution in [0.3, 0.4) is 0 Å². The second kappa shape index (κ2) is 7.40. The summed E-state index contributed by atoms with van der Waals surface area (Å²) < 4.78 is 5.41. The molecule has 1 N–H and O–H groups in total. The molecule has 5 heteroatoms. The minimum Gasteiger partial charge on any atom is -0.495 e. The number of methoxy groups -OCH3 is 1. The van der Waals surface area contributed by atoms with Crippen LogP contribution >= 0.6 is 0 Å². The van der Waals surface area contributed by atoms with Gasteiger partial charge >= 0.3 is 6.03 Å². The number of rotatable bonds is 3. The van der Waals surface area contributed by atoms with Gasteiger partial charge in [0.25, 0.3) is 0 Å². The average Bonchev–Trinajstić information content (AvgIpc) is 2.53. The lowest BCUT2D eigenvalue weighted by Gasteiger charge is -2.36. The molecule has 1 aliphatic heterocycles. The number of benzene rings is 1. The molecule has 1 aliphatic rings. The molecule has 0 aliphatic carbocycles. The highest BCUT2D eigenvalue weighted by molar-refractivity contribution is 5.75. The number of ether oxygens (including phenoxy) is 1. The van der Waals surface area contributed by atoms with Crippen molar-refractivity contribution in [2.45, 2.75) is 20.8 Å². The molecule has 1 fully saturated rings. The Hall–Kier alpha value is -2.17. The fraction of sp³-hybridized carbons (Fsp3) is 0.500. The van der Waals surface area contributed by atoms with Crippen LogP contribution in [0.4, 0.5) is 10.5 Å². The fourth-order valence-electron chi connectivity index (χ4n) is 2.50. The zero-order valence-corrected chi connectivity index (χ0v) is 14.5. The first-order chi connectivity index (χ1) is 10.9. The van der Waals surface area contributed by atoms with Crippen LogP contribution in [0.5, 0.6) is 5.75 Å². The Labute approximate surface area is 138 Å². The van der Waals surface area contributed by atoms with Crippen LogP contribution in [-0.4, -0.2) is 44.2 Å². The maximum absolute atomic E-state index is 12.2. The molecule has 1 aromatic carbocycles. The Morgan fingerprint density at radius 2 is 1.83 bits per heavy atom. The number of hydrogen-bond donors (Lipinski definition) is 1. The van der Waals surface area contributed by atoms with E-state index in [1.165, 1.54) is 0 Å². The van der Waals surface area contributed by atoms with E-state index in [-0.39, 0.29) is 11.4 Å². The molecule has 0 saturated carbocycles. The van der Waals surface area contributed by atoms with Gasteiger partial charge in [-0.05, 0) is 17.5 Å². The van der Waals surface area contributed by atoms with Crippen molar-refractivity contribution in [3.8, 4) is 5.75 Å². The molecule has 0 atom stereocenters. The normalized spacial score (nSPS) is 15.8. The van der Waals surface area contributed by atoms with Gasteiger partial charge in [0.2, 0.25) is 0 Å². The highest BCUT2D eigenvalue weighted by Crippen LogP contribution is 2.28. The number of piperazine rings is 1. The molecule has 0 unspecified atom stereocenters. The lowest BCUT2D eigenvalue weighted by molar-refractivity contribution is 0.198. The first-order valence-corrected chi connectivity index (χ1v) is 8.02. The van der Waals surface area contributed by atoms with Crippen molar-refractivity contribution in [1.29, 1.82) is 0 Å². The number of nitrogens with one attached hydrogen (secondary N) is 1. The standard InChI is InChI=1S/C18H27N3O2/c1-18(2,3)9-10-19-17(22)21-13-11-20(12-14-21)15-7-5-6-8-16(15)23-4/h5-10H,11-14H2,1-4H3,(H,19,22)/b10-9+. The van der Waals surface area contributed by atoms with Gasteiger partial charge in [0.05, 0.1) is 12.8 Å². The average molecular weight is 317 g/mol. The Morgan fingerprint density at radius 1 is 1.17 bits per heavy atom. The molecule has 0 spiro atoms. The summed E-state index contributed by atoms with van der Waals surface area (Å²) in [4.78, 5) is 16.3. The van der Waals surface area contributed by atoms with Gasteiger partial charge < -0.3 is 19.9 Å². The predicted molar refractivity (Wildman–Crippen MR) is 93.9 cm³/mol. The van der Waals surface area contributed by atoms with Crippen molar-refractivity contribution in [2.75, 3.05) is 38.2 Å². The van der Waals surface area contributed by atoms with Crippen LogP contribution in [0.2, 0.25) is 0 Å². The third-order valence-electron chi connectivity index (χ3n) is 3.78. The molecule has 2 rings (SSSR count). The Kier molecular flexibility index (Phi) is 5.53. The van der Waals surface area contributed by atoms with E-state index in [4.69, 9.17) is 4.74 Å². The Bertz CT molecular complexity index is 556. The third-order valence-corrected chi connectivity index (χ3v) is 3.78. The molecular formula is C18H27N3O2. The largest absolute Gasteiger partial charge is 0.495 e. The van der Waals surface area contributed by atoms with E-state index in [1.807, 2.05) is 29.2 Å². The van der Waals surface area contributed by atoms with Crippen LogP contribution in [0.15, 0.2) is 36.5 Å². The van der Waals surface area contributed by atoms with E-state index >= 15 is 0 Å². The molecule has 1 heterocycles. The van der Waals surface area contributed by atoms with Gasteiger partial charge in [-0.15, -0.1) is 0 Å². The zero-order valence-electron chi connectivity index (χ0n) is 14.5. The van der Waals surface area contributed by atoms with Crippen LogP contribution in [-0.2, 0) is 0 Å². The summed E-state index contributed by atoms with van der Waals surface area (Å²) in [6.07, 6.45) is 3.74. The Morgan fingerprint density at radius 3 is 2.43 bits per heavy atom. The van der Waals surface area contributed by atoms with Crippen molar-refractivity contribution in [3.05, 3.63) is 36.5 Å². The van der Waals surface area contributed by atoms with E-state index in [0.29, 0.717) is 13.1 Å². The summed E-state index contributed by atoms with van der Waals surface area (Å²) in [6, 6.07) is 7.96. The number of urea groups is 1. The highest BCUT2D eigenvalue weighted by Gasteiger charge is 2.22. The molecule has 1 aromatic rings. The van der Waals surface area contributed by atoms with E-state index in [9.17, 15) is 4.79 Å². The van der Waals surface area contributed by atoms with Crippen LogP contribution in [0.1, 0.15) is 20.8 Å². The number of carbonyl (C=O) groups excluding carboxylic acids is 1. The molecule has 2 amide bonds. The summed E-state index contributed by atoms with van der Waals surface area (Å²) in [5, 5.41) is 2.85. The van der Waals surface area contributed by atoms with Gasteiger partial charge in [-0.3, -0.25) is 0 Å². The van der Waals surface area contributed by atoms with E-state index in [0.717, 1.165) is 24.5 Å². The van der Waals surface area contributed by atoms with Crippen LogP contribution in [0.25, 0.3) is 0 Å². The van der Waals surface area contributed by atoms with Crippen molar-refractivity contribution < 1.29 is 9.53 Å². The van der Waals surface area contributed by atoms with Gasteiger partial charge in [-0.2, -0.15) is 0 Å². The molecular weight excluding hydrogens is 290 g/mol. The minimum atomic E-state index is -0.0369. The van der Waals surface area contributed by atoms with Gasteiger partial charge in [0, 0.05) is 32.4 Å². The highest BCUT2D eigenvalue weighted by atomic mass is 16.5. The van der Waals surface area contributed by atoms with Gasteiger partial charge in [-0.1, -0.05) is 39.0 Å². The smallest absolute Gasteiger partial charge is 0.321 e. The van der Waals surface area contributed by atoms with Gasteiger partial charge in [0.15, 0.2) is 0 Å². The monoisotopic (exact) mass is 317 g/mol. The number of hydrogen-bond acceptors (Lipinski definition) is 3. The third kappa shape index (κ3) is 4.91. The van der Waals surface area contributed by atoms with Crippen LogP contribution in [0, 0.1) is 5.41 Å². The van der Waals surface area contributed by atoms with Crippen molar-refractivity contribution in [2.24, 2.45) is 5.41 Å². The summed E-state index contributed by atoms with van der Waals surface area (Å²) in [5.74, 6) is 0.874. The van der Waals surface area contributed by atoms with E-state index in [1.54, 1.807) is 13.3 Å². The molecule has 0 aromatic heterocycles. The number of anilines is 1. The topological polar surface area (TPSA) is 44.8 Å². The SMILES string of the molecule is COc1ccccc1N1CCN(C(=O)N/C=C/C(C)(C)C)CC1. The number of nitrogens with zero attached hydrogens (tertiary/aromatic N) is 2. The number of amides is 2. The van der Waals surface area contributed by atoms with Gasteiger partial charge in [-0.25, -0.2) is 4.79 Å². The minimum absolute atomic E-state index is 0.0369. The summed E-state index contributed by atoms with van der Waals surface area (Å²) in [5.41, 5.74) is 1.15. The molecule has 126 valence electrons. The Balaban J connectivity index is 1.88. The van der Waals surface area contributed by atoms with E-state index in [2.05, 4.69) is 37.1 Å². The lowest BCUT2D eigenvalue weighted by Crippen LogP contribution is -2.51. The van der Waals surface area contributed by atoms with Crippen LogP contribution < -0.4 is 15.0 Å². The first kappa shape index (κ1) is 17.2. The van der Waals surface area contributed by atoms with Crippen molar-refractivity contribution in [3.63, 3.8) is 0 Å².